The van der Waals surface area contributed by atoms with Gasteiger partial charge in [-0.3, -0.25) is 13.9 Å². The molecule has 0 bridgehead atoms. The first kappa shape index (κ1) is 23.0. The Kier molecular flexibility index (Phi) is 8.19. The smallest absolute Gasteiger partial charge is 0.294 e. The zero-order valence-electron chi connectivity index (χ0n) is 13.8. The number of benzene rings is 1. The highest BCUT2D eigenvalue weighted by molar-refractivity contribution is 7.86. The van der Waals surface area contributed by atoms with Gasteiger partial charge in [0.2, 0.25) is 5.91 Å². The van der Waals surface area contributed by atoms with E-state index in [0.717, 1.165) is 11.6 Å². The minimum Gasteiger partial charge on any atom is -0.347 e. The number of hydrogen-bond acceptors (Lipinski definition) is 5. The molecule has 0 aliphatic carbocycles. The molecule has 0 radical (unpaired) electrons. The van der Waals surface area contributed by atoms with Gasteiger partial charge in [0.25, 0.3) is 20.2 Å². The van der Waals surface area contributed by atoms with Crippen molar-refractivity contribution in [2.24, 2.45) is 0 Å². The lowest BCUT2D eigenvalue weighted by atomic mass is 10.1. The monoisotopic (exact) mass is 391 g/mol. The minimum absolute atomic E-state index is 0.104. The summed E-state index contributed by atoms with van der Waals surface area (Å²) in [7, 11) is -8.15. The van der Waals surface area contributed by atoms with Gasteiger partial charge in [0, 0.05) is 0 Å². The van der Waals surface area contributed by atoms with Crippen LogP contribution in [-0.4, -0.2) is 43.1 Å². The second kappa shape index (κ2) is 8.90. The predicted octanol–water partition coefficient (Wildman–Crippen LogP) is 1.53. The summed E-state index contributed by atoms with van der Waals surface area (Å²) in [6.07, 6.45) is 2.62. The molecule has 0 saturated heterocycles. The van der Waals surface area contributed by atoms with Gasteiger partial charge in [0.1, 0.15) is 0 Å². The summed E-state index contributed by atoms with van der Waals surface area (Å²) >= 11 is 0. The van der Waals surface area contributed by atoms with E-state index in [4.69, 9.17) is 9.11 Å². The first-order chi connectivity index (χ1) is 11.2. The lowest BCUT2D eigenvalue weighted by Gasteiger charge is -2.23. The molecule has 1 amide bonds. The first-order valence-corrected chi connectivity index (χ1v) is 9.85. The van der Waals surface area contributed by atoms with Gasteiger partial charge in [0.15, 0.2) is 0 Å². The Bertz CT molecular complexity index is 823. The molecule has 0 aliphatic rings. The Morgan fingerprint density at radius 3 is 1.92 bits per heavy atom. The van der Waals surface area contributed by atoms with Crippen molar-refractivity contribution < 1.29 is 30.7 Å². The van der Waals surface area contributed by atoms with Crippen molar-refractivity contribution in [2.45, 2.75) is 24.3 Å². The van der Waals surface area contributed by atoms with Crippen molar-refractivity contribution in [1.82, 2.24) is 5.32 Å². The largest absolute Gasteiger partial charge is 0.347 e. The molecule has 1 aromatic carbocycles. The third-order valence-corrected chi connectivity index (χ3v) is 4.56. The van der Waals surface area contributed by atoms with E-state index < -0.39 is 37.4 Å². The highest BCUT2D eigenvalue weighted by atomic mass is 32.2. The Morgan fingerprint density at radius 2 is 1.60 bits per heavy atom. The summed E-state index contributed by atoms with van der Waals surface area (Å²) in [6.45, 7) is 9.70. The third-order valence-electron chi connectivity index (χ3n) is 2.60. The van der Waals surface area contributed by atoms with Gasteiger partial charge in [-0.15, -0.1) is 0 Å². The summed E-state index contributed by atoms with van der Waals surface area (Å²) < 4.78 is 59.2. The van der Waals surface area contributed by atoms with E-state index in [-0.39, 0.29) is 4.90 Å². The van der Waals surface area contributed by atoms with Crippen LogP contribution in [-0.2, 0) is 25.0 Å². The molecule has 8 nitrogen and oxygen atoms in total. The quantitative estimate of drug-likeness (QED) is 0.494. The highest BCUT2D eigenvalue weighted by Crippen LogP contribution is 2.10. The number of carbonyl (C=O) groups excluding carboxylic acids is 1. The van der Waals surface area contributed by atoms with Crippen molar-refractivity contribution >= 4 is 32.2 Å². The van der Waals surface area contributed by atoms with Gasteiger partial charge in [-0.25, -0.2) is 0 Å². The Morgan fingerprint density at radius 1 is 1.12 bits per heavy atom. The maximum atomic E-state index is 10.8. The molecule has 140 valence electrons. The van der Waals surface area contributed by atoms with Crippen molar-refractivity contribution in [3.63, 3.8) is 0 Å². The summed E-state index contributed by atoms with van der Waals surface area (Å²) in [5.74, 6) is -1.01. The molecular formula is C15H21NO7S2. The molecule has 1 aromatic rings. The van der Waals surface area contributed by atoms with Crippen molar-refractivity contribution in [3.05, 3.63) is 49.1 Å². The molecule has 3 N–H and O–H groups in total. The average molecular weight is 391 g/mol. The van der Waals surface area contributed by atoms with Gasteiger partial charge < -0.3 is 5.32 Å². The maximum absolute atomic E-state index is 10.8. The lowest BCUT2D eigenvalue weighted by Crippen LogP contribution is -2.47. The van der Waals surface area contributed by atoms with Crippen LogP contribution in [0, 0.1) is 0 Å². The van der Waals surface area contributed by atoms with Crippen LogP contribution in [0.15, 0.2) is 48.4 Å². The van der Waals surface area contributed by atoms with Gasteiger partial charge in [-0.05, 0) is 37.6 Å². The van der Waals surface area contributed by atoms with Gasteiger partial charge in [0.05, 0.1) is 16.2 Å². The molecule has 0 spiro atoms. The fraction of sp³-hybridized carbons (Fsp3) is 0.267. The molecule has 1 rings (SSSR count). The van der Waals surface area contributed by atoms with Crippen LogP contribution in [0.1, 0.15) is 19.4 Å². The molecule has 0 aliphatic heterocycles. The molecule has 0 fully saturated rings. The van der Waals surface area contributed by atoms with Crippen LogP contribution in [0.5, 0.6) is 0 Å². The van der Waals surface area contributed by atoms with E-state index in [2.05, 4.69) is 18.5 Å². The van der Waals surface area contributed by atoms with Crippen LogP contribution in [0.4, 0.5) is 0 Å². The summed E-state index contributed by atoms with van der Waals surface area (Å²) in [5, 5.41) is 2.37. The van der Waals surface area contributed by atoms with Crippen LogP contribution < -0.4 is 5.32 Å². The lowest BCUT2D eigenvalue weighted by molar-refractivity contribution is -0.117. The normalized spacial score (nSPS) is 11.7. The van der Waals surface area contributed by atoms with E-state index >= 15 is 0 Å². The third kappa shape index (κ3) is 10.5. The zero-order valence-corrected chi connectivity index (χ0v) is 15.5. The van der Waals surface area contributed by atoms with Gasteiger partial charge in [-0.1, -0.05) is 31.4 Å². The number of rotatable bonds is 6. The SMILES string of the molecule is C=CC(=O)NC(C)(C)CS(=O)(=O)O.C=Cc1ccc(S(=O)(=O)O)cc1. The number of nitrogens with one attached hydrogen (secondary N) is 1. The average Bonchev–Trinajstić information content (AvgIpc) is 2.43. The standard InChI is InChI=1S/C8H8O3S.C7H13NO4S/c1-2-7-3-5-8(6-4-7)12(9,10)11;1-4-6(9)8-7(2,3)5-13(10,11)12/h2-6H,1H2,(H,9,10,11);4H,1,5H2,2-3H3,(H,8,9)(H,10,11,12). The molecule has 0 aromatic heterocycles. The molecule has 25 heavy (non-hydrogen) atoms. The van der Waals surface area contributed by atoms with E-state index in [9.17, 15) is 21.6 Å². The van der Waals surface area contributed by atoms with Crippen molar-refractivity contribution in [1.29, 1.82) is 0 Å². The van der Waals surface area contributed by atoms with E-state index in [0.29, 0.717) is 0 Å². The molecule has 0 unspecified atom stereocenters. The molecule has 0 heterocycles. The summed E-state index contributed by atoms with van der Waals surface area (Å²) in [5.41, 5.74) is -0.193. The van der Waals surface area contributed by atoms with Gasteiger partial charge in [-0.2, -0.15) is 16.8 Å². The number of hydrogen-bond donors (Lipinski definition) is 3. The Balaban J connectivity index is 0.000000462. The predicted molar refractivity (Wildman–Crippen MR) is 95.2 cm³/mol. The fourth-order valence-electron chi connectivity index (χ4n) is 1.65. The maximum Gasteiger partial charge on any atom is 0.294 e. The molecule has 0 atom stereocenters. The Labute approximate surface area is 147 Å². The second-order valence-corrected chi connectivity index (χ2v) is 8.43. The fourth-order valence-corrected chi connectivity index (χ4v) is 3.12. The Hall–Kier alpha value is -2.01. The van der Waals surface area contributed by atoms with Crippen molar-refractivity contribution in [2.75, 3.05) is 5.75 Å². The van der Waals surface area contributed by atoms with Crippen LogP contribution in [0.2, 0.25) is 0 Å². The molecule has 10 heteroatoms. The molecular weight excluding hydrogens is 370 g/mol. The summed E-state index contributed by atoms with van der Waals surface area (Å²) in [6, 6.07) is 5.78. The van der Waals surface area contributed by atoms with Crippen molar-refractivity contribution in [3.8, 4) is 0 Å². The topological polar surface area (TPSA) is 138 Å². The van der Waals surface area contributed by atoms with E-state index in [1.807, 2.05) is 0 Å². The highest BCUT2D eigenvalue weighted by Gasteiger charge is 2.25. The molecule has 0 saturated carbocycles. The summed E-state index contributed by atoms with van der Waals surface area (Å²) in [4.78, 5) is 10.7. The minimum atomic E-state index is -4.08. The number of amides is 1. The van der Waals surface area contributed by atoms with Crippen LogP contribution in [0.25, 0.3) is 6.08 Å². The number of carbonyl (C=O) groups is 1. The zero-order chi connectivity index (χ0) is 19.9. The first-order valence-electron chi connectivity index (χ1n) is 6.80. The van der Waals surface area contributed by atoms with E-state index in [1.54, 1.807) is 18.2 Å². The van der Waals surface area contributed by atoms with E-state index in [1.165, 1.54) is 26.0 Å². The second-order valence-electron chi connectivity index (χ2n) is 5.55. The van der Waals surface area contributed by atoms with Gasteiger partial charge >= 0.3 is 0 Å². The van der Waals surface area contributed by atoms with Crippen LogP contribution in [0.3, 0.4) is 0 Å². The van der Waals surface area contributed by atoms with Crippen LogP contribution >= 0.6 is 0 Å².